The lowest BCUT2D eigenvalue weighted by Crippen LogP contribution is -2.12. The van der Waals surface area contributed by atoms with E-state index in [1.807, 2.05) is 14.1 Å². The molecule has 8 heteroatoms. The van der Waals surface area contributed by atoms with Gasteiger partial charge in [-0.2, -0.15) is 0 Å². The molecular formula is C20H21FN4O2S. The number of carbonyl (C=O) groups is 1. The Bertz CT molecular complexity index is 986. The minimum atomic E-state index is -0.342. The van der Waals surface area contributed by atoms with Gasteiger partial charge in [0.25, 0.3) is 0 Å². The number of nitrogens with zero attached hydrogens (tertiary/aromatic N) is 4. The third-order valence-electron chi connectivity index (χ3n) is 4.04. The van der Waals surface area contributed by atoms with Crippen LogP contribution in [-0.2, 0) is 16.0 Å². The van der Waals surface area contributed by atoms with Crippen molar-refractivity contribution < 1.29 is 13.9 Å². The number of benzene rings is 1. The van der Waals surface area contributed by atoms with E-state index in [9.17, 15) is 9.18 Å². The van der Waals surface area contributed by atoms with Gasteiger partial charge in [-0.05, 0) is 25.5 Å². The number of hydrogen-bond donors (Lipinski definition) is 0. The second-order valence-electron chi connectivity index (χ2n) is 6.40. The van der Waals surface area contributed by atoms with E-state index < -0.39 is 0 Å². The van der Waals surface area contributed by atoms with Crippen LogP contribution in [0.15, 0.2) is 30.6 Å². The van der Waals surface area contributed by atoms with Gasteiger partial charge in [-0.3, -0.25) is 4.79 Å². The Kier molecular flexibility index (Phi) is 5.99. The molecule has 146 valence electrons. The Morgan fingerprint density at radius 1 is 1.21 bits per heavy atom. The van der Waals surface area contributed by atoms with Crippen molar-refractivity contribution in [2.45, 2.75) is 20.3 Å². The summed E-state index contributed by atoms with van der Waals surface area (Å²) in [4.78, 5) is 27.8. The third-order valence-corrected chi connectivity index (χ3v) is 5.14. The molecule has 0 N–H and O–H groups in total. The van der Waals surface area contributed by atoms with Crippen molar-refractivity contribution in [3.8, 4) is 21.8 Å². The zero-order valence-corrected chi connectivity index (χ0v) is 17.0. The number of thiazole rings is 1. The van der Waals surface area contributed by atoms with Crippen molar-refractivity contribution in [2.75, 3.05) is 25.6 Å². The summed E-state index contributed by atoms with van der Waals surface area (Å²) >= 11 is 1.36. The molecule has 28 heavy (non-hydrogen) atoms. The maximum atomic E-state index is 14.1. The van der Waals surface area contributed by atoms with Crippen LogP contribution in [0.25, 0.3) is 21.8 Å². The summed E-state index contributed by atoms with van der Waals surface area (Å²) in [7, 11) is 3.72. The molecule has 0 saturated heterocycles. The number of ether oxygens (including phenoxy) is 1. The highest BCUT2D eigenvalue weighted by atomic mass is 32.1. The van der Waals surface area contributed by atoms with Crippen molar-refractivity contribution in [1.29, 1.82) is 0 Å². The summed E-state index contributed by atoms with van der Waals surface area (Å²) < 4.78 is 19.2. The van der Waals surface area contributed by atoms with E-state index in [2.05, 4.69) is 15.0 Å². The third kappa shape index (κ3) is 4.33. The maximum absolute atomic E-state index is 14.1. The fourth-order valence-electron chi connectivity index (χ4n) is 2.57. The number of rotatable bonds is 6. The predicted octanol–water partition coefficient (Wildman–Crippen LogP) is 3.89. The van der Waals surface area contributed by atoms with Gasteiger partial charge in [0, 0.05) is 42.5 Å². The quantitative estimate of drug-likeness (QED) is 0.585. The molecule has 0 fully saturated rings. The Morgan fingerprint density at radius 3 is 2.54 bits per heavy atom. The molecule has 2 heterocycles. The van der Waals surface area contributed by atoms with Gasteiger partial charge in [0.05, 0.1) is 18.7 Å². The van der Waals surface area contributed by atoms with Crippen molar-refractivity contribution in [1.82, 2.24) is 15.0 Å². The average Bonchev–Trinajstić information content (AvgIpc) is 3.08. The van der Waals surface area contributed by atoms with E-state index in [0.29, 0.717) is 39.3 Å². The van der Waals surface area contributed by atoms with E-state index in [1.54, 1.807) is 43.3 Å². The van der Waals surface area contributed by atoms with E-state index in [1.165, 1.54) is 17.4 Å². The van der Waals surface area contributed by atoms with Gasteiger partial charge >= 0.3 is 5.97 Å². The Morgan fingerprint density at radius 2 is 1.93 bits per heavy atom. The largest absolute Gasteiger partial charge is 0.466 e. The van der Waals surface area contributed by atoms with Crippen LogP contribution in [0.4, 0.5) is 10.3 Å². The van der Waals surface area contributed by atoms with E-state index in [-0.39, 0.29) is 18.2 Å². The summed E-state index contributed by atoms with van der Waals surface area (Å²) in [6, 6.07) is 4.94. The molecule has 3 rings (SSSR count). The summed E-state index contributed by atoms with van der Waals surface area (Å²) in [5.74, 6) is -0.0635. The van der Waals surface area contributed by atoms with Gasteiger partial charge in [0.1, 0.15) is 10.8 Å². The number of esters is 1. The molecule has 0 unspecified atom stereocenters. The summed E-state index contributed by atoms with van der Waals surface area (Å²) in [5.41, 5.74) is 2.48. The highest BCUT2D eigenvalue weighted by Crippen LogP contribution is 2.34. The second-order valence-corrected chi connectivity index (χ2v) is 7.49. The first-order valence-corrected chi connectivity index (χ1v) is 9.62. The van der Waals surface area contributed by atoms with Crippen molar-refractivity contribution in [3.05, 3.63) is 46.9 Å². The van der Waals surface area contributed by atoms with Crippen LogP contribution in [0.1, 0.15) is 17.4 Å². The molecule has 0 radical (unpaired) electrons. The van der Waals surface area contributed by atoms with Gasteiger partial charge in [-0.25, -0.2) is 19.3 Å². The molecule has 3 aromatic rings. The molecule has 0 amide bonds. The number of halogens is 1. The molecule has 6 nitrogen and oxygen atoms in total. The van der Waals surface area contributed by atoms with Crippen LogP contribution in [0.5, 0.6) is 0 Å². The molecule has 0 aliphatic carbocycles. The number of carbonyl (C=O) groups excluding carboxylic acids is 1. The summed E-state index contributed by atoms with van der Waals surface area (Å²) in [6.45, 7) is 3.77. The van der Waals surface area contributed by atoms with Crippen LogP contribution in [0.3, 0.4) is 0 Å². The summed E-state index contributed by atoms with van der Waals surface area (Å²) in [5, 5.41) is 0.667. The lowest BCUT2D eigenvalue weighted by molar-refractivity contribution is -0.142. The molecule has 2 aromatic heterocycles. The Labute approximate surface area is 167 Å². The summed E-state index contributed by atoms with van der Waals surface area (Å²) in [6.07, 6.45) is 3.45. The Balaban J connectivity index is 2.03. The van der Waals surface area contributed by atoms with Gasteiger partial charge in [-0.1, -0.05) is 12.1 Å². The first kappa shape index (κ1) is 19.9. The number of anilines is 1. The van der Waals surface area contributed by atoms with E-state index in [4.69, 9.17) is 4.74 Å². The minimum Gasteiger partial charge on any atom is -0.466 e. The smallest absolute Gasteiger partial charge is 0.311 e. The molecular weight excluding hydrogens is 379 g/mol. The van der Waals surface area contributed by atoms with Gasteiger partial charge < -0.3 is 9.64 Å². The number of aryl methyl sites for hydroxylation is 1. The van der Waals surface area contributed by atoms with Crippen LogP contribution in [-0.4, -0.2) is 41.6 Å². The molecule has 0 bridgehead atoms. The number of hydrogen-bond acceptors (Lipinski definition) is 7. The monoisotopic (exact) mass is 400 g/mol. The van der Waals surface area contributed by atoms with Gasteiger partial charge in [-0.15, -0.1) is 11.3 Å². The highest BCUT2D eigenvalue weighted by Gasteiger charge is 2.19. The fraction of sp³-hybridized carbons (Fsp3) is 0.300. The molecule has 0 aliphatic heterocycles. The maximum Gasteiger partial charge on any atom is 0.311 e. The molecule has 1 aromatic carbocycles. The first-order valence-electron chi connectivity index (χ1n) is 8.80. The van der Waals surface area contributed by atoms with Crippen LogP contribution < -0.4 is 4.90 Å². The number of aromatic nitrogens is 3. The SMILES string of the molecule is CCOC(=O)Cc1sc(-c2cnc(N(C)C)nc2)nc1-c1ccc(C)c(F)c1. The standard InChI is InChI=1S/C20H21FN4O2S/c1-5-27-17(26)9-16-18(13-7-6-12(2)15(21)8-13)24-19(28-16)14-10-22-20(23-11-14)25(3)4/h6-8,10-11H,5,9H2,1-4H3. The topological polar surface area (TPSA) is 68.2 Å². The molecule has 0 atom stereocenters. The van der Waals surface area contributed by atoms with Gasteiger partial charge in [0.2, 0.25) is 5.95 Å². The van der Waals surface area contributed by atoms with Gasteiger partial charge in [0.15, 0.2) is 0 Å². The zero-order chi connectivity index (χ0) is 20.3. The predicted molar refractivity (Wildman–Crippen MR) is 108 cm³/mol. The lowest BCUT2D eigenvalue weighted by atomic mass is 10.1. The van der Waals surface area contributed by atoms with E-state index in [0.717, 1.165) is 5.56 Å². The van der Waals surface area contributed by atoms with Crippen molar-refractivity contribution >= 4 is 23.3 Å². The molecule has 0 saturated carbocycles. The van der Waals surface area contributed by atoms with Crippen molar-refractivity contribution in [3.63, 3.8) is 0 Å². The van der Waals surface area contributed by atoms with Crippen LogP contribution in [0.2, 0.25) is 0 Å². The van der Waals surface area contributed by atoms with E-state index >= 15 is 0 Å². The Hall–Kier alpha value is -2.87. The second kappa shape index (κ2) is 8.43. The molecule has 0 aliphatic rings. The zero-order valence-electron chi connectivity index (χ0n) is 16.2. The lowest BCUT2D eigenvalue weighted by Gasteiger charge is -2.08. The molecule has 0 spiro atoms. The van der Waals surface area contributed by atoms with Crippen molar-refractivity contribution in [2.24, 2.45) is 0 Å². The fourth-order valence-corrected chi connectivity index (χ4v) is 3.61. The highest BCUT2D eigenvalue weighted by molar-refractivity contribution is 7.15. The first-order chi connectivity index (χ1) is 13.4. The minimum absolute atomic E-state index is 0.0764. The van der Waals surface area contributed by atoms with Crippen LogP contribution >= 0.6 is 11.3 Å². The van der Waals surface area contributed by atoms with Crippen LogP contribution in [0, 0.1) is 12.7 Å². The normalized spacial score (nSPS) is 10.8. The average molecular weight is 400 g/mol.